The highest BCUT2D eigenvalue weighted by atomic mass is 16.2. The van der Waals surface area contributed by atoms with Crippen LogP contribution in [-0.2, 0) is 4.79 Å². The maximum Gasteiger partial charge on any atom is 0.252 e. The summed E-state index contributed by atoms with van der Waals surface area (Å²) in [5, 5.41) is 2.94. The summed E-state index contributed by atoms with van der Waals surface area (Å²) < 4.78 is 0. The maximum atomic E-state index is 13.0. The highest BCUT2D eigenvalue weighted by Crippen LogP contribution is 2.37. The Morgan fingerprint density at radius 3 is 2.55 bits per heavy atom. The molecule has 1 aromatic carbocycles. The zero-order valence-corrected chi connectivity index (χ0v) is 13.1. The highest BCUT2D eigenvalue weighted by molar-refractivity contribution is 6.12. The molecule has 2 amide bonds. The molecular weight excluding hydrogens is 280 g/mol. The Bertz CT molecular complexity index is 668. The van der Waals surface area contributed by atoms with Gasteiger partial charge in [0.15, 0.2) is 5.78 Å². The van der Waals surface area contributed by atoms with E-state index in [0.717, 1.165) is 0 Å². The predicted octanol–water partition coefficient (Wildman–Crippen LogP) is 1.49. The number of hydrogen-bond acceptors (Lipinski definition) is 3. The standard InChI is InChI=1S/C17H20N2O3/c1-10(2)16(22)19-8-13-17(3,9-19)14(20)11-6-4-5-7-12(11)15(21)18-13/h4-7,10,13H,8-9H2,1-3H3,(H,18,21)/t13-,17+/m1/s1. The molecule has 0 radical (unpaired) electrons. The van der Waals surface area contributed by atoms with Gasteiger partial charge in [0, 0.05) is 24.6 Å². The molecular formula is C17H20N2O3. The van der Waals surface area contributed by atoms with Crippen LogP contribution in [0.4, 0.5) is 0 Å². The van der Waals surface area contributed by atoms with Crippen LogP contribution >= 0.6 is 0 Å². The van der Waals surface area contributed by atoms with Gasteiger partial charge in [-0.1, -0.05) is 32.0 Å². The molecule has 0 spiro atoms. The Kier molecular flexibility index (Phi) is 3.31. The minimum atomic E-state index is -0.771. The van der Waals surface area contributed by atoms with E-state index in [0.29, 0.717) is 24.2 Å². The van der Waals surface area contributed by atoms with Gasteiger partial charge in [-0.15, -0.1) is 0 Å². The quantitative estimate of drug-likeness (QED) is 0.854. The molecule has 2 atom stereocenters. The van der Waals surface area contributed by atoms with Gasteiger partial charge in [-0.25, -0.2) is 0 Å². The minimum Gasteiger partial charge on any atom is -0.346 e. The van der Waals surface area contributed by atoms with E-state index in [9.17, 15) is 14.4 Å². The van der Waals surface area contributed by atoms with Crippen molar-refractivity contribution in [2.45, 2.75) is 26.8 Å². The van der Waals surface area contributed by atoms with Gasteiger partial charge in [0.1, 0.15) is 0 Å². The van der Waals surface area contributed by atoms with Crippen molar-refractivity contribution in [1.82, 2.24) is 10.2 Å². The molecule has 5 nitrogen and oxygen atoms in total. The van der Waals surface area contributed by atoms with Crippen LogP contribution in [0.25, 0.3) is 0 Å². The fraction of sp³-hybridized carbons (Fsp3) is 0.471. The topological polar surface area (TPSA) is 66.5 Å². The van der Waals surface area contributed by atoms with Gasteiger partial charge in [-0.2, -0.15) is 0 Å². The summed E-state index contributed by atoms with van der Waals surface area (Å²) in [7, 11) is 0. The second-order valence-electron chi connectivity index (χ2n) is 6.69. The van der Waals surface area contributed by atoms with E-state index in [1.54, 1.807) is 29.2 Å². The van der Waals surface area contributed by atoms with Gasteiger partial charge in [0.25, 0.3) is 5.91 Å². The van der Waals surface area contributed by atoms with Crippen LogP contribution in [0.1, 0.15) is 41.5 Å². The molecule has 1 saturated heterocycles. The number of nitrogens with zero attached hydrogens (tertiary/aromatic N) is 1. The zero-order chi connectivity index (χ0) is 16.1. The fourth-order valence-corrected chi connectivity index (χ4v) is 3.38. The van der Waals surface area contributed by atoms with E-state index in [1.165, 1.54) is 0 Å². The molecule has 0 bridgehead atoms. The number of carbonyl (C=O) groups is 3. The lowest BCUT2D eigenvalue weighted by Gasteiger charge is -2.26. The molecule has 1 fully saturated rings. The molecule has 1 N–H and O–H groups in total. The molecule has 0 aromatic heterocycles. The molecule has 0 aliphatic carbocycles. The first-order valence-electron chi connectivity index (χ1n) is 7.58. The SMILES string of the molecule is CC(C)C(=O)N1C[C@H]2NC(=O)c3ccccc3C(=O)[C@@]2(C)C1. The average Bonchev–Trinajstić information content (AvgIpc) is 2.80. The van der Waals surface area contributed by atoms with Crippen molar-refractivity contribution in [2.24, 2.45) is 11.3 Å². The predicted molar refractivity (Wildman–Crippen MR) is 81.6 cm³/mol. The Labute approximate surface area is 129 Å². The van der Waals surface area contributed by atoms with Gasteiger partial charge < -0.3 is 10.2 Å². The first-order valence-corrected chi connectivity index (χ1v) is 7.58. The summed E-state index contributed by atoms with van der Waals surface area (Å²) in [6.07, 6.45) is 0. The molecule has 2 aliphatic rings. The number of amides is 2. The van der Waals surface area contributed by atoms with Crippen LogP contribution in [0, 0.1) is 11.3 Å². The third kappa shape index (κ3) is 2.03. The molecule has 2 aliphatic heterocycles. The Hall–Kier alpha value is -2.17. The summed E-state index contributed by atoms with van der Waals surface area (Å²) in [5.74, 6) is -0.407. The van der Waals surface area contributed by atoms with E-state index in [2.05, 4.69) is 5.32 Å². The van der Waals surface area contributed by atoms with E-state index < -0.39 is 5.41 Å². The molecule has 3 rings (SSSR count). The number of ketones is 1. The number of likely N-dealkylation sites (tertiary alicyclic amines) is 1. The zero-order valence-electron chi connectivity index (χ0n) is 13.1. The highest BCUT2D eigenvalue weighted by Gasteiger charge is 2.52. The summed E-state index contributed by atoms with van der Waals surface area (Å²) in [4.78, 5) is 39.3. The van der Waals surface area contributed by atoms with E-state index in [1.807, 2.05) is 20.8 Å². The first-order chi connectivity index (χ1) is 10.3. The third-order valence-corrected chi connectivity index (χ3v) is 4.74. The largest absolute Gasteiger partial charge is 0.346 e. The Morgan fingerprint density at radius 2 is 1.91 bits per heavy atom. The van der Waals surface area contributed by atoms with Crippen molar-refractivity contribution in [3.8, 4) is 0 Å². The number of carbonyl (C=O) groups excluding carboxylic acids is 3. The second-order valence-corrected chi connectivity index (χ2v) is 6.69. The van der Waals surface area contributed by atoms with E-state index in [-0.39, 0.29) is 29.6 Å². The van der Waals surface area contributed by atoms with Crippen molar-refractivity contribution < 1.29 is 14.4 Å². The number of rotatable bonds is 1. The summed E-state index contributed by atoms with van der Waals surface area (Å²) in [6.45, 7) is 6.26. The maximum absolute atomic E-state index is 13.0. The van der Waals surface area contributed by atoms with Crippen LogP contribution in [0.2, 0.25) is 0 Å². The van der Waals surface area contributed by atoms with Gasteiger partial charge in [0.05, 0.1) is 17.0 Å². The second kappa shape index (κ2) is 4.93. The smallest absolute Gasteiger partial charge is 0.252 e. The normalized spacial score (nSPS) is 27.3. The van der Waals surface area contributed by atoms with Crippen LogP contribution < -0.4 is 5.32 Å². The molecule has 2 heterocycles. The molecule has 116 valence electrons. The minimum absolute atomic E-state index is 0.0182. The summed E-state index contributed by atoms with van der Waals surface area (Å²) in [5.41, 5.74) is 0.0982. The van der Waals surface area contributed by atoms with Crippen LogP contribution in [0.15, 0.2) is 24.3 Å². The number of benzene rings is 1. The van der Waals surface area contributed by atoms with Crippen molar-refractivity contribution >= 4 is 17.6 Å². The lowest BCUT2D eigenvalue weighted by atomic mass is 9.78. The number of fused-ring (bicyclic) bond motifs is 2. The molecule has 1 aromatic rings. The first kappa shape index (κ1) is 14.8. The van der Waals surface area contributed by atoms with E-state index in [4.69, 9.17) is 0 Å². The van der Waals surface area contributed by atoms with Gasteiger partial charge in [-0.05, 0) is 13.0 Å². The summed E-state index contributed by atoms with van der Waals surface area (Å²) >= 11 is 0. The molecule has 22 heavy (non-hydrogen) atoms. The monoisotopic (exact) mass is 300 g/mol. The van der Waals surface area contributed by atoms with Crippen molar-refractivity contribution in [1.29, 1.82) is 0 Å². The molecule has 0 saturated carbocycles. The number of nitrogens with one attached hydrogen (secondary N) is 1. The van der Waals surface area contributed by atoms with Gasteiger partial charge in [0.2, 0.25) is 5.91 Å². The van der Waals surface area contributed by atoms with Gasteiger partial charge >= 0.3 is 0 Å². The van der Waals surface area contributed by atoms with E-state index >= 15 is 0 Å². The molecule has 5 heteroatoms. The van der Waals surface area contributed by atoms with Crippen LogP contribution in [0.5, 0.6) is 0 Å². The fourth-order valence-electron chi connectivity index (χ4n) is 3.38. The Balaban J connectivity index is 2.01. The van der Waals surface area contributed by atoms with Gasteiger partial charge in [-0.3, -0.25) is 14.4 Å². The lowest BCUT2D eigenvalue weighted by molar-refractivity contribution is -0.133. The van der Waals surface area contributed by atoms with Crippen LogP contribution in [0.3, 0.4) is 0 Å². The van der Waals surface area contributed by atoms with Crippen molar-refractivity contribution in [3.05, 3.63) is 35.4 Å². The van der Waals surface area contributed by atoms with Crippen molar-refractivity contribution in [3.63, 3.8) is 0 Å². The summed E-state index contributed by atoms with van der Waals surface area (Å²) in [6, 6.07) is 6.54. The van der Waals surface area contributed by atoms with Crippen LogP contribution in [-0.4, -0.2) is 41.6 Å². The average molecular weight is 300 g/mol. The molecule has 0 unspecified atom stereocenters. The third-order valence-electron chi connectivity index (χ3n) is 4.74. The number of Topliss-reactive ketones (excluding diaryl/α,β-unsaturated/α-hetero) is 1. The Morgan fingerprint density at radius 1 is 1.27 bits per heavy atom. The number of hydrogen-bond donors (Lipinski definition) is 1. The van der Waals surface area contributed by atoms with Crippen molar-refractivity contribution in [2.75, 3.05) is 13.1 Å². The lowest BCUT2D eigenvalue weighted by Crippen LogP contribution is -2.47.